The zero-order chi connectivity index (χ0) is 14.5. The molecule has 2 aromatic rings. The summed E-state index contributed by atoms with van der Waals surface area (Å²) in [6.07, 6.45) is 1.12. The quantitative estimate of drug-likeness (QED) is 0.855. The van der Waals surface area contributed by atoms with Crippen molar-refractivity contribution in [1.29, 1.82) is 0 Å². The molecule has 0 saturated heterocycles. The van der Waals surface area contributed by atoms with Crippen LogP contribution in [-0.2, 0) is 13.0 Å². The standard InChI is InChI=1S/C16H22N2OS/c1-11(2)8-13-4-6-14(7-5-13)12(3)17-9-15-10-20-16(19)18-15/h4-7,10-12,17H,8-9H2,1-3H3,(H,18,19). The maximum absolute atomic E-state index is 11.1. The van der Waals surface area contributed by atoms with Crippen molar-refractivity contribution in [2.45, 2.75) is 39.8 Å². The molecule has 1 heterocycles. The fourth-order valence-electron chi connectivity index (χ4n) is 2.20. The van der Waals surface area contributed by atoms with Crippen LogP contribution in [0.25, 0.3) is 0 Å². The van der Waals surface area contributed by atoms with Crippen molar-refractivity contribution in [1.82, 2.24) is 10.3 Å². The third-order valence-electron chi connectivity index (χ3n) is 3.29. The second-order valence-corrected chi connectivity index (χ2v) is 6.46. The molecule has 0 saturated carbocycles. The Labute approximate surface area is 124 Å². The van der Waals surface area contributed by atoms with Gasteiger partial charge in [-0.1, -0.05) is 49.4 Å². The van der Waals surface area contributed by atoms with Crippen molar-refractivity contribution in [3.63, 3.8) is 0 Å². The van der Waals surface area contributed by atoms with Crippen LogP contribution in [0.15, 0.2) is 34.4 Å². The average Bonchev–Trinajstić information content (AvgIpc) is 2.82. The van der Waals surface area contributed by atoms with E-state index in [1.54, 1.807) is 0 Å². The van der Waals surface area contributed by atoms with Gasteiger partial charge in [0.05, 0.1) is 0 Å². The highest BCUT2D eigenvalue weighted by Gasteiger charge is 2.06. The number of aromatic amines is 1. The minimum absolute atomic E-state index is 0.00694. The van der Waals surface area contributed by atoms with Crippen LogP contribution in [0.2, 0.25) is 0 Å². The third kappa shape index (κ3) is 4.32. The molecule has 0 bridgehead atoms. The Morgan fingerprint density at radius 2 is 1.90 bits per heavy atom. The van der Waals surface area contributed by atoms with Crippen molar-refractivity contribution in [2.24, 2.45) is 5.92 Å². The highest BCUT2D eigenvalue weighted by molar-refractivity contribution is 7.07. The lowest BCUT2D eigenvalue weighted by Gasteiger charge is -2.14. The number of H-pyrrole nitrogens is 1. The molecule has 2 N–H and O–H groups in total. The summed E-state index contributed by atoms with van der Waals surface area (Å²) in [5, 5.41) is 5.29. The van der Waals surface area contributed by atoms with E-state index in [0.717, 1.165) is 12.1 Å². The van der Waals surface area contributed by atoms with Gasteiger partial charge in [-0.05, 0) is 30.4 Å². The Balaban J connectivity index is 1.91. The molecule has 0 amide bonds. The summed E-state index contributed by atoms with van der Waals surface area (Å²) >= 11 is 1.21. The van der Waals surface area contributed by atoms with Gasteiger partial charge >= 0.3 is 4.87 Å². The molecule has 0 aliphatic rings. The fourth-order valence-corrected chi connectivity index (χ4v) is 2.78. The first kappa shape index (κ1) is 15.0. The van der Waals surface area contributed by atoms with Crippen molar-refractivity contribution >= 4 is 11.3 Å². The second kappa shape index (κ2) is 6.86. The number of aromatic nitrogens is 1. The summed E-state index contributed by atoms with van der Waals surface area (Å²) in [6.45, 7) is 7.30. The lowest BCUT2D eigenvalue weighted by molar-refractivity contribution is 0.568. The molecule has 1 atom stereocenters. The number of hydrogen-bond acceptors (Lipinski definition) is 3. The smallest absolute Gasteiger partial charge is 0.304 e. The zero-order valence-corrected chi connectivity index (χ0v) is 13.1. The van der Waals surface area contributed by atoms with Crippen molar-refractivity contribution < 1.29 is 0 Å². The Bertz CT molecular complexity index is 583. The molecule has 108 valence electrons. The van der Waals surface area contributed by atoms with Crippen LogP contribution >= 0.6 is 11.3 Å². The van der Waals surface area contributed by atoms with Crippen LogP contribution in [-0.4, -0.2) is 4.98 Å². The second-order valence-electron chi connectivity index (χ2n) is 5.62. The molecule has 20 heavy (non-hydrogen) atoms. The molecular formula is C16H22N2OS. The van der Waals surface area contributed by atoms with E-state index < -0.39 is 0 Å². The van der Waals surface area contributed by atoms with Crippen LogP contribution in [0.5, 0.6) is 0 Å². The summed E-state index contributed by atoms with van der Waals surface area (Å²) in [4.78, 5) is 13.9. The van der Waals surface area contributed by atoms with Gasteiger partial charge in [0.2, 0.25) is 0 Å². The van der Waals surface area contributed by atoms with E-state index in [-0.39, 0.29) is 10.9 Å². The Kier molecular flexibility index (Phi) is 5.15. The van der Waals surface area contributed by atoms with E-state index in [4.69, 9.17) is 0 Å². The number of thiazole rings is 1. The van der Waals surface area contributed by atoms with Gasteiger partial charge in [-0.2, -0.15) is 0 Å². The molecule has 0 radical (unpaired) electrons. The van der Waals surface area contributed by atoms with Gasteiger partial charge in [-0.25, -0.2) is 0 Å². The number of rotatable bonds is 6. The summed E-state index contributed by atoms with van der Waals surface area (Å²) in [6, 6.07) is 9.06. The van der Waals surface area contributed by atoms with E-state index in [1.807, 2.05) is 5.38 Å². The third-order valence-corrected chi connectivity index (χ3v) is 4.01. The normalized spacial score (nSPS) is 12.8. The summed E-state index contributed by atoms with van der Waals surface area (Å²) in [5.74, 6) is 0.687. The molecule has 0 fully saturated rings. The van der Waals surface area contributed by atoms with Crippen molar-refractivity contribution in [2.75, 3.05) is 0 Å². The van der Waals surface area contributed by atoms with Crippen LogP contribution in [0.4, 0.5) is 0 Å². The molecule has 1 aromatic carbocycles. The van der Waals surface area contributed by atoms with Gasteiger partial charge < -0.3 is 10.3 Å². The number of benzene rings is 1. The lowest BCUT2D eigenvalue weighted by atomic mass is 10.00. The van der Waals surface area contributed by atoms with Gasteiger partial charge in [0.1, 0.15) is 0 Å². The molecular weight excluding hydrogens is 268 g/mol. The van der Waals surface area contributed by atoms with Crippen LogP contribution in [0.3, 0.4) is 0 Å². The first-order valence-corrected chi connectivity index (χ1v) is 7.91. The predicted octanol–water partition coefficient (Wildman–Crippen LogP) is 3.49. The van der Waals surface area contributed by atoms with E-state index >= 15 is 0 Å². The van der Waals surface area contributed by atoms with Gasteiger partial charge in [0.25, 0.3) is 0 Å². The van der Waals surface area contributed by atoms with E-state index in [9.17, 15) is 4.79 Å². The first-order chi connectivity index (χ1) is 9.54. The van der Waals surface area contributed by atoms with E-state index in [1.165, 1.54) is 22.5 Å². The van der Waals surface area contributed by atoms with Gasteiger partial charge in [-0.3, -0.25) is 4.79 Å². The van der Waals surface area contributed by atoms with E-state index in [2.05, 4.69) is 55.3 Å². The van der Waals surface area contributed by atoms with Gasteiger partial charge in [-0.15, -0.1) is 0 Å². The lowest BCUT2D eigenvalue weighted by Crippen LogP contribution is -2.18. The molecule has 1 unspecified atom stereocenters. The SMILES string of the molecule is CC(C)Cc1ccc(C(C)NCc2csc(=O)[nH]2)cc1. The summed E-state index contributed by atoms with van der Waals surface area (Å²) < 4.78 is 0. The summed E-state index contributed by atoms with van der Waals surface area (Å²) in [5.41, 5.74) is 3.61. The molecule has 1 aromatic heterocycles. The topological polar surface area (TPSA) is 44.9 Å². The monoisotopic (exact) mass is 290 g/mol. The highest BCUT2D eigenvalue weighted by Crippen LogP contribution is 2.16. The number of hydrogen-bond donors (Lipinski definition) is 2. The molecule has 0 spiro atoms. The largest absolute Gasteiger partial charge is 0.315 e. The highest BCUT2D eigenvalue weighted by atomic mass is 32.1. The Hall–Kier alpha value is -1.39. The van der Waals surface area contributed by atoms with Crippen molar-refractivity contribution in [3.8, 4) is 0 Å². The maximum atomic E-state index is 11.1. The molecule has 3 nitrogen and oxygen atoms in total. The minimum Gasteiger partial charge on any atom is -0.315 e. The Morgan fingerprint density at radius 3 is 2.45 bits per heavy atom. The molecule has 2 rings (SSSR count). The number of nitrogens with one attached hydrogen (secondary N) is 2. The minimum atomic E-state index is 0.00694. The van der Waals surface area contributed by atoms with Crippen molar-refractivity contribution in [3.05, 3.63) is 56.1 Å². The van der Waals surface area contributed by atoms with Crippen LogP contribution in [0.1, 0.15) is 43.6 Å². The Morgan fingerprint density at radius 1 is 1.20 bits per heavy atom. The maximum Gasteiger partial charge on any atom is 0.304 e. The van der Waals surface area contributed by atoms with E-state index in [0.29, 0.717) is 12.5 Å². The summed E-state index contributed by atoms with van der Waals surface area (Å²) in [7, 11) is 0. The average molecular weight is 290 g/mol. The van der Waals surface area contributed by atoms with Crippen LogP contribution in [0, 0.1) is 5.92 Å². The first-order valence-electron chi connectivity index (χ1n) is 7.03. The predicted molar refractivity (Wildman–Crippen MR) is 85.2 cm³/mol. The fraction of sp³-hybridized carbons (Fsp3) is 0.438. The molecule has 0 aliphatic carbocycles. The molecule has 0 aliphatic heterocycles. The van der Waals surface area contributed by atoms with Gasteiger partial charge in [0.15, 0.2) is 0 Å². The molecule has 4 heteroatoms. The van der Waals surface area contributed by atoms with Gasteiger partial charge in [0, 0.05) is 23.7 Å². The van der Waals surface area contributed by atoms with Crippen LogP contribution < -0.4 is 10.2 Å². The zero-order valence-electron chi connectivity index (χ0n) is 12.3.